The van der Waals surface area contributed by atoms with E-state index >= 15 is 0 Å². The van der Waals surface area contributed by atoms with E-state index in [0.717, 1.165) is 16.6 Å². The lowest BCUT2D eigenvalue weighted by Gasteiger charge is -2.16. The van der Waals surface area contributed by atoms with Gasteiger partial charge in [0.25, 0.3) is 5.56 Å². The fourth-order valence-electron chi connectivity index (χ4n) is 2.48. The van der Waals surface area contributed by atoms with Gasteiger partial charge in [0.15, 0.2) is 0 Å². The third-order valence-electron chi connectivity index (χ3n) is 3.62. The zero-order valence-corrected chi connectivity index (χ0v) is 12.8. The highest BCUT2D eigenvalue weighted by Gasteiger charge is 2.08. The first kappa shape index (κ1) is 14.9. The molecule has 3 rings (SSSR count). The molecular formula is C18H16N4O. The van der Waals surface area contributed by atoms with Crippen LogP contribution in [-0.4, -0.2) is 21.9 Å². The van der Waals surface area contributed by atoms with E-state index in [1.54, 1.807) is 12.1 Å². The molecule has 0 unspecified atom stereocenters. The van der Waals surface area contributed by atoms with Crippen molar-refractivity contribution in [3.63, 3.8) is 0 Å². The predicted molar refractivity (Wildman–Crippen MR) is 88.7 cm³/mol. The van der Waals surface area contributed by atoms with E-state index in [1.165, 1.54) is 0 Å². The van der Waals surface area contributed by atoms with E-state index in [4.69, 9.17) is 5.26 Å². The van der Waals surface area contributed by atoms with Gasteiger partial charge in [-0.2, -0.15) is 5.26 Å². The quantitative estimate of drug-likeness (QED) is 0.803. The van der Waals surface area contributed by atoms with E-state index in [9.17, 15) is 4.79 Å². The molecule has 0 spiro atoms. The minimum atomic E-state index is -0.157. The first-order valence-corrected chi connectivity index (χ1v) is 7.31. The molecule has 1 aromatic heterocycles. The fourth-order valence-corrected chi connectivity index (χ4v) is 2.48. The fraction of sp³-hybridized carbons (Fsp3) is 0.167. The Balaban J connectivity index is 1.76. The number of nitrogens with zero attached hydrogens (tertiary/aromatic N) is 3. The van der Waals surface area contributed by atoms with Crippen LogP contribution in [0.5, 0.6) is 0 Å². The molecule has 2 aromatic carbocycles. The number of benzene rings is 2. The maximum Gasteiger partial charge on any atom is 0.271 e. The molecule has 0 fully saturated rings. The second kappa shape index (κ2) is 6.42. The number of nitriles is 1. The molecular weight excluding hydrogens is 288 g/mol. The number of H-pyrrole nitrogens is 1. The van der Waals surface area contributed by atoms with Crippen LogP contribution in [0.3, 0.4) is 0 Å². The van der Waals surface area contributed by atoms with Gasteiger partial charge in [-0.3, -0.25) is 9.69 Å². The molecule has 3 aromatic rings. The van der Waals surface area contributed by atoms with Crippen LogP contribution in [0.2, 0.25) is 0 Å². The number of nitrogens with one attached hydrogen (secondary N) is 1. The summed E-state index contributed by atoms with van der Waals surface area (Å²) >= 11 is 0. The average molecular weight is 304 g/mol. The van der Waals surface area contributed by atoms with Gasteiger partial charge in [0.1, 0.15) is 5.69 Å². The number of aromatic amines is 1. The van der Waals surface area contributed by atoms with Crippen molar-refractivity contribution in [1.29, 1.82) is 5.26 Å². The highest BCUT2D eigenvalue weighted by atomic mass is 16.1. The highest BCUT2D eigenvalue weighted by Crippen LogP contribution is 2.09. The van der Waals surface area contributed by atoms with Crippen LogP contribution in [0, 0.1) is 11.3 Å². The van der Waals surface area contributed by atoms with E-state index in [0.29, 0.717) is 24.3 Å². The molecule has 0 radical (unpaired) electrons. The molecule has 5 nitrogen and oxygen atoms in total. The lowest BCUT2D eigenvalue weighted by atomic mass is 10.1. The van der Waals surface area contributed by atoms with Gasteiger partial charge in [-0.1, -0.05) is 24.3 Å². The number of hydrogen-bond acceptors (Lipinski definition) is 4. The van der Waals surface area contributed by atoms with Crippen molar-refractivity contribution in [2.45, 2.75) is 13.1 Å². The Hall–Kier alpha value is -2.97. The van der Waals surface area contributed by atoms with Crippen LogP contribution < -0.4 is 5.56 Å². The number of hydrogen-bond donors (Lipinski definition) is 1. The Morgan fingerprint density at radius 3 is 2.61 bits per heavy atom. The molecule has 1 heterocycles. The summed E-state index contributed by atoms with van der Waals surface area (Å²) in [5, 5.41) is 8.82. The van der Waals surface area contributed by atoms with Crippen LogP contribution >= 0.6 is 0 Å². The van der Waals surface area contributed by atoms with Gasteiger partial charge in [0, 0.05) is 13.1 Å². The summed E-state index contributed by atoms with van der Waals surface area (Å²) in [6.07, 6.45) is 0. The van der Waals surface area contributed by atoms with Crippen LogP contribution in [0.4, 0.5) is 0 Å². The van der Waals surface area contributed by atoms with Crippen LogP contribution in [0.25, 0.3) is 11.0 Å². The van der Waals surface area contributed by atoms with Gasteiger partial charge in [-0.25, -0.2) is 4.98 Å². The van der Waals surface area contributed by atoms with Gasteiger partial charge in [0.05, 0.1) is 22.7 Å². The minimum Gasteiger partial charge on any atom is -0.319 e. The summed E-state index contributed by atoms with van der Waals surface area (Å²) < 4.78 is 0. The molecule has 0 aliphatic carbocycles. The molecule has 0 saturated heterocycles. The van der Waals surface area contributed by atoms with E-state index in [1.807, 2.05) is 48.3 Å². The number of rotatable bonds is 4. The summed E-state index contributed by atoms with van der Waals surface area (Å²) in [5.41, 5.74) is 3.60. The maximum absolute atomic E-state index is 12.1. The normalized spacial score (nSPS) is 10.8. The first-order chi connectivity index (χ1) is 11.2. The predicted octanol–water partition coefficient (Wildman–Crippen LogP) is 2.43. The molecule has 0 saturated carbocycles. The molecule has 1 N–H and O–H groups in total. The van der Waals surface area contributed by atoms with Crippen molar-refractivity contribution in [3.05, 3.63) is 75.7 Å². The Bertz CT molecular complexity index is 922. The molecule has 0 amide bonds. The van der Waals surface area contributed by atoms with Crippen molar-refractivity contribution >= 4 is 11.0 Å². The zero-order chi connectivity index (χ0) is 16.2. The van der Waals surface area contributed by atoms with Gasteiger partial charge in [-0.15, -0.1) is 0 Å². The molecule has 0 aliphatic rings. The molecule has 0 bridgehead atoms. The van der Waals surface area contributed by atoms with Gasteiger partial charge in [-0.05, 0) is 36.9 Å². The lowest BCUT2D eigenvalue weighted by Crippen LogP contribution is -2.24. The monoisotopic (exact) mass is 304 g/mol. The lowest BCUT2D eigenvalue weighted by molar-refractivity contribution is 0.314. The second-order valence-electron chi connectivity index (χ2n) is 5.51. The molecule has 114 valence electrons. The third-order valence-corrected chi connectivity index (χ3v) is 3.62. The van der Waals surface area contributed by atoms with Gasteiger partial charge < -0.3 is 4.98 Å². The Morgan fingerprint density at radius 2 is 1.87 bits per heavy atom. The molecule has 5 heteroatoms. The van der Waals surface area contributed by atoms with Gasteiger partial charge in [0.2, 0.25) is 0 Å². The third kappa shape index (κ3) is 3.44. The molecule has 0 aliphatic heterocycles. The minimum absolute atomic E-state index is 0.157. The van der Waals surface area contributed by atoms with Crippen LogP contribution in [-0.2, 0) is 13.1 Å². The summed E-state index contributed by atoms with van der Waals surface area (Å²) in [5.74, 6) is 0. The van der Waals surface area contributed by atoms with Crippen molar-refractivity contribution < 1.29 is 0 Å². The van der Waals surface area contributed by atoms with Crippen molar-refractivity contribution in [2.75, 3.05) is 7.05 Å². The van der Waals surface area contributed by atoms with Crippen LogP contribution in [0.15, 0.2) is 53.3 Å². The second-order valence-corrected chi connectivity index (χ2v) is 5.51. The zero-order valence-electron chi connectivity index (χ0n) is 12.8. The summed E-state index contributed by atoms with van der Waals surface area (Å²) in [7, 11) is 1.94. The van der Waals surface area contributed by atoms with Crippen molar-refractivity contribution in [1.82, 2.24) is 14.9 Å². The Morgan fingerprint density at radius 1 is 1.13 bits per heavy atom. The number of para-hydroxylation sites is 2. The maximum atomic E-state index is 12.1. The summed E-state index contributed by atoms with van der Waals surface area (Å²) in [6, 6.07) is 17.0. The van der Waals surface area contributed by atoms with E-state index < -0.39 is 0 Å². The summed E-state index contributed by atoms with van der Waals surface area (Å²) in [4.78, 5) is 21.5. The topological polar surface area (TPSA) is 72.8 Å². The highest BCUT2D eigenvalue weighted by molar-refractivity contribution is 5.73. The average Bonchev–Trinajstić information content (AvgIpc) is 2.56. The van der Waals surface area contributed by atoms with Crippen LogP contribution in [0.1, 0.15) is 16.8 Å². The smallest absolute Gasteiger partial charge is 0.271 e. The number of aromatic nitrogens is 2. The molecule has 23 heavy (non-hydrogen) atoms. The standard InChI is InChI=1S/C18H16N4O/c1-22(11-14-8-6-13(10-19)7-9-14)12-17-18(23)21-16-5-3-2-4-15(16)20-17/h2-9H,11-12H2,1H3,(H,21,23). The summed E-state index contributed by atoms with van der Waals surface area (Å²) in [6.45, 7) is 1.14. The van der Waals surface area contributed by atoms with Crippen molar-refractivity contribution in [2.24, 2.45) is 0 Å². The SMILES string of the molecule is CN(Cc1ccc(C#N)cc1)Cc1nc2ccccc2[nH]c1=O. The van der Waals surface area contributed by atoms with Crippen molar-refractivity contribution in [3.8, 4) is 6.07 Å². The number of fused-ring (bicyclic) bond motifs is 1. The van der Waals surface area contributed by atoms with Gasteiger partial charge >= 0.3 is 0 Å². The Labute approximate surface area is 133 Å². The first-order valence-electron chi connectivity index (χ1n) is 7.31. The van der Waals surface area contributed by atoms with E-state index in [2.05, 4.69) is 16.0 Å². The largest absolute Gasteiger partial charge is 0.319 e. The Kier molecular flexibility index (Phi) is 4.18. The molecule has 0 atom stereocenters. The van der Waals surface area contributed by atoms with E-state index in [-0.39, 0.29) is 5.56 Å².